The highest BCUT2D eigenvalue weighted by Crippen LogP contribution is 2.32. The van der Waals surface area contributed by atoms with E-state index in [0.29, 0.717) is 21.7 Å². The summed E-state index contributed by atoms with van der Waals surface area (Å²) in [5, 5.41) is 19.0. The lowest BCUT2D eigenvalue weighted by molar-refractivity contribution is 0.0954. The van der Waals surface area contributed by atoms with E-state index in [2.05, 4.69) is 32.7 Å². The second kappa shape index (κ2) is 11.6. The van der Waals surface area contributed by atoms with Gasteiger partial charge in [-0.05, 0) is 55.1 Å². The van der Waals surface area contributed by atoms with Gasteiger partial charge in [0.1, 0.15) is 4.83 Å². The first-order chi connectivity index (χ1) is 19.2. The second-order valence-corrected chi connectivity index (χ2v) is 11.0. The molecule has 1 fully saturated rings. The minimum Gasteiger partial charge on any atom is -0.463 e. The number of piperazine rings is 1. The molecule has 0 aliphatic carbocycles. The number of fused-ring (bicyclic) bond motifs is 1. The number of carboxylic acid groups (broad SMARTS) is 1. The number of hydrogen-bond acceptors (Lipinski definition) is 8. The molecule has 0 bridgehead atoms. The average molecular weight is 582 g/mol. The monoisotopic (exact) mass is 581 g/mol. The number of thiophene rings is 1. The number of carbonyl (C=O) groups excluding carboxylic acids is 2. The number of benzene rings is 2. The number of hydrogen-bond donors (Lipinski definition) is 3. The van der Waals surface area contributed by atoms with Crippen LogP contribution in [0.15, 0.2) is 54.6 Å². The summed E-state index contributed by atoms with van der Waals surface area (Å²) in [6.45, 7) is 4.66. The number of nitrogens with zero attached hydrogens (tertiary/aromatic N) is 5. The topological polar surface area (TPSA) is 123 Å². The van der Waals surface area contributed by atoms with Crippen LogP contribution >= 0.6 is 22.9 Å². The minimum absolute atomic E-state index is 0.0632. The summed E-state index contributed by atoms with van der Waals surface area (Å²) in [7, 11) is 3.78. The zero-order valence-corrected chi connectivity index (χ0v) is 23.5. The Morgan fingerprint density at radius 3 is 2.48 bits per heavy atom. The third-order valence-electron chi connectivity index (χ3n) is 6.67. The Labute approximate surface area is 239 Å². The van der Waals surface area contributed by atoms with E-state index in [1.54, 1.807) is 37.4 Å². The number of anilines is 2. The number of carbonyl (C=O) groups is 3. The lowest BCUT2D eigenvalue weighted by atomic mass is 10.1. The van der Waals surface area contributed by atoms with Gasteiger partial charge in [0.05, 0.1) is 16.0 Å². The molecule has 2 aromatic carbocycles. The molecule has 1 saturated heterocycles. The molecule has 4 aromatic rings. The highest BCUT2D eigenvalue weighted by molar-refractivity contribution is 7.20. The van der Waals surface area contributed by atoms with Gasteiger partial charge >= 0.3 is 6.09 Å². The van der Waals surface area contributed by atoms with E-state index in [1.165, 1.54) is 11.1 Å². The molecular weight excluding hydrogens is 554 g/mol. The van der Waals surface area contributed by atoms with Crippen molar-refractivity contribution >= 4 is 62.6 Å². The van der Waals surface area contributed by atoms with Crippen molar-refractivity contribution in [3.8, 4) is 0 Å². The first-order valence-electron chi connectivity index (χ1n) is 12.6. The smallest absolute Gasteiger partial charge is 0.433 e. The van der Waals surface area contributed by atoms with Crippen LogP contribution in [0.2, 0.25) is 5.02 Å². The largest absolute Gasteiger partial charge is 0.463 e. The van der Waals surface area contributed by atoms with E-state index in [9.17, 15) is 19.5 Å². The first-order valence-corrected chi connectivity index (χ1v) is 13.7. The highest BCUT2D eigenvalue weighted by Gasteiger charge is 2.23. The molecule has 1 aliphatic heterocycles. The molecule has 0 spiro atoms. The highest BCUT2D eigenvalue weighted by atomic mass is 35.5. The number of hydrazine groups is 1. The summed E-state index contributed by atoms with van der Waals surface area (Å²) >= 11 is 6.90. The van der Waals surface area contributed by atoms with Crippen LogP contribution in [0.4, 0.5) is 16.3 Å². The maximum atomic E-state index is 13.2. The molecule has 2 aromatic heterocycles. The third kappa shape index (κ3) is 6.10. The van der Waals surface area contributed by atoms with Gasteiger partial charge in [-0.1, -0.05) is 23.7 Å². The van der Waals surface area contributed by atoms with Gasteiger partial charge in [0, 0.05) is 50.4 Å². The molecule has 0 radical (unpaired) electrons. The first kappa shape index (κ1) is 27.6. The predicted octanol–water partition coefficient (Wildman–Crippen LogP) is 4.06. The van der Waals surface area contributed by atoms with Gasteiger partial charge in [-0.2, -0.15) is 4.68 Å². The molecule has 2 amide bonds. The lowest BCUT2D eigenvalue weighted by Crippen LogP contribution is -2.43. The van der Waals surface area contributed by atoms with Crippen LogP contribution in [0, 0.1) is 0 Å². The standard InChI is InChI=1S/C27H28ClN7O4S/c1-32-10-12-34(13-11-32)16-17-4-3-5-18(14-17)24(36)29-23-21-15-22(40-26(21)35(30-23)27(38)39)25(37)31-33(2)20-8-6-19(28)7-9-20/h3-9,14-15H,10-13,16H2,1-2H3,(H,31,37)(H,38,39)(H,29,30,36). The normalized spacial score (nSPS) is 14.3. The van der Waals surface area contributed by atoms with E-state index in [1.807, 2.05) is 18.2 Å². The van der Waals surface area contributed by atoms with Gasteiger partial charge in [-0.15, -0.1) is 16.4 Å². The predicted molar refractivity (Wildman–Crippen MR) is 156 cm³/mol. The van der Waals surface area contributed by atoms with Crippen LogP contribution in [0.1, 0.15) is 25.6 Å². The summed E-state index contributed by atoms with van der Waals surface area (Å²) in [5.74, 6) is -0.797. The van der Waals surface area contributed by atoms with Crippen molar-refractivity contribution in [3.05, 3.63) is 75.6 Å². The number of halogens is 1. The van der Waals surface area contributed by atoms with Gasteiger partial charge < -0.3 is 15.3 Å². The van der Waals surface area contributed by atoms with Crippen molar-refractivity contribution in [2.24, 2.45) is 0 Å². The number of likely N-dealkylation sites (N-methyl/N-ethyl adjacent to an activating group) is 1. The average Bonchev–Trinajstić information content (AvgIpc) is 3.51. The van der Waals surface area contributed by atoms with Crippen molar-refractivity contribution < 1.29 is 19.5 Å². The summed E-state index contributed by atoms with van der Waals surface area (Å²) < 4.78 is 0.763. The molecular formula is C27H28ClN7O4S. The Balaban J connectivity index is 1.33. The minimum atomic E-state index is -1.33. The molecule has 3 heterocycles. The number of rotatable bonds is 7. The van der Waals surface area contributed by atoms with Gasteiger partial charge in [0.15, 0.2) is 5.82 Å². The maximum absolute atomic E-state index is 13.2. The fraction of sp³-hybridized carbons (Fsp3) is 0.259. The molecule has 0 saturated carbocycles. The second-order valence-electron chi connectivity index (χ2n) is 9.58. The third-order valence-corrected chi connectivity index (χ3v) is 8.03. The van der Waals surface area contributed by atoms with Crippen LogP contribution in [0.25, 0.3) is 10.2 Å². The summed E-state index contributed by atoms with van der Waals surface area (Å²) in [6.07, 6.45) is -1.33. The van der Waals surface area contributed by atoms with Crippen LogP contribution in [-0.4, -0.2) is 82.9 Å². The Bertz CT molecular complexity index is 1560. The molecule has 3 N–H and O–H groups in total. The number of nitrogens with one attached hydrogen (secondary N) is 2. The van der Waals surface area contributed by atoms with Crippen LogP contribution in [0.3, 0.4) is 0 Å². The summed E-state index contributed by atoms with van der Waals surface area (Å²) in [4.78, 5) is 43.1. The number of aromatic nitrogens is 2. The van der Waals surface area contributed by atoms with Crippen LogP contribution in [0.5, 0.6) is 0 Å². The van der Waals surface area contributed by atoms with E-state index in [0.717, 1.165) is 54.3 Å². The van der Waals surface area contributed by atoms with Gasteiger partial charge in [0.25, 0.3) is 11.8 Å². The van der Waals surface area contributed by atoms with Crippen molar-refractivity contribution in [1.82, 2.24) is 25.0 Å². The molecule has 208 valence electrons. The number of amides is 2. The quantitative estimate of drug-likeness (QED) is 0.279. The van der Waals surface area contributed by atoms with E-state index < -0.39 is 17.9 Å². The van der Waals surface area contributed by atoms with Crippen molar-refractivity contribution in [3.63, 3.8) is 0 Å². The van der Waals surface area contributed by atoms with Crippen LogP contribution in [-0.2, 0) is 6.54 Å². The van der Waals surface area contributed by atoms with Gasteiger partial charge in [-0.25, -0.2) is 4.79 Å². The van der Waals surface area contributed by atoms with E-state index in [-0.39, 0.29) is 15.5 Å². The summed E-state index contributed by atoms with van der Waals surface area (Å²) in [6, 6.07) is 15.8. The Morgan fingerprint density at radius 1 is 1.05 bits per heavy atom. The molecule has 40 heavy (non-hydrogen) atoms. The molecule has 11 nitrogen and oxygen atoms in total. The summed E-state index contributed by atoms with van der Waals surface area (Å²) in [5.41, 5.74) is 4.90. The molecule has 1 aliphatic rings. The zero-order valence-electron chi connectivity index (χ0n) is 21.9. The lowest BCUT2D eigenvalue weighted by Gasteiger charge is -2.32. The van der Waals surface area contributed by atoms with Crippen molar-refractivity contribution in [2.45, 2.75) is 6.54 Å². The fourth-order valence-electron chi connectivity index (χ4n) is 4.43. The van der Waals surface area contributed by atoms with Gasteiger partial charge in [-0.3, -0.25) is 24.9 Å². The van der Waals surface area contributed by atoms with E-state index >= 15 is 0 Å². The van der Waals surface area contributed by atoms with Crippen molar-refractivity contribution in [2.75, 3.05) is 50.6 Å². The molecule has 5 rings (SSSR count). The maximum Gasteiger partial charge on any atom is 0.433 e. The molecule has 0 atom stereocenters. The van der Waals surface area contributed by atoms with Crippen LogP contribution < -0.4 is 15.8 Å². The SMILES string of the molecule is CN1CCN(Cc2cccc(C(=O)Nc3nn(C(=O)O)c4sc(C(=O)NN(C)c5ccc(Cl)cc5)cc34)c2)CC1. The van der Waals surface area contributed by atoms with Crippen molar-refractivity contribution in [1.29, 1.82) is 0 Å². The molecule has 0 unspecified atom stereocenters. The Kier molecular flexibility index (Phi) is 8.03. The molecule has 13 heteroatoms. The Morgan fingerprint density at radius 2 is 1.77 bits per heavy atom. The zero-order chi connectivity index (χ0) is 28.4. The fourth-order valence-corrected chi connectivity index (χ4v) is 5.55. The van der Waals surface area contributed by atoms with E-state index in [4.69, 9.17) is 11.6 Å². The van der Waals surface area contributed by atoms with Gasteiger partial charge in [0.2, 0.25) is 0 Å². The Hall–Kier alpha value is -3.97.